The van der Waals surface area contributed by atoms with E-state index in [-0.39, 0.29) is 11.2 Å². The summed E-state index contributed by atoms with van der Waals surface area (Å²) in [6, 6.07) is 10.5. The van der Waals surface area contributed by atoms with Gasteiger partial charge in [0.1, 0.15) is 6.04 Å². The average Bonchev–Trinajstić information content (AvgIpc) is 3.23. The molecule has 2 heterocycles. The molecule has 35 heavy (non-hydrogen) atoms. The van der Waals surface area contributed by atoms with Crippen molar-refractivity contribution in [2.24, 2.45) is 5.41 Å². The van der Waals surface area contributed by atoms with Gasteiger partial charge in [0, 0.05) is 23.3 Å². The van der Waals surface area contributed by atoms with Gasteiger partial charge in [-0.15, -0.1) is 5.10 Å². The highest BCUT2D eigenvalue weighted by atomic mass is 35.5. The van der Waals surface area contributed by atoms with Crippen LogP contribution in [0.5, 0.6) is 11.5 Å². The summed E-state index contributed by atoms with van der Waals surface area (Å²) in [7, 11) is 1.60. The minimum atomic E-state index is -0.460. The summed E-state index contributed by atoms with van der Waals surface area (Å²) in [5, 5.41) is 9.09. The maximum atomic E-state index is 13.5. The van der Waals surface area contributed by atoms with Gasteiger partial charge in [0.05, 0.1) is 23.8 Å². The number of allylic oxidation sites excluding steroid dienone is 2. The number of fused-ring (bicyclic) bond motifs is 1. The SMILES string of the molecule is CCOc1ccc(C2C3=C(CC(C)(C)CC3=O)Nc3nc(-c4ccc(Cl)c(Cl)c4)nn32)cc1OC. The third kappa shape index (κ3) is 4.28. The van der Waals surface area contributed by atoms with E-state index in [0.717, 1.165) is 23.2 Å². The number of methoxy groups -OCH3 is 1. The van der Waals surface area contributed by atoms with Gasteiger partial charge < -0.3 is 14.8 Å². The Bertz CT molecular complexity index is 1360. The molecule has 2 aliphatic rings. The van der Waals surface area contributed by atoms with E-state index >= 15 is 0 Å². The van der Waals surface area contributed by atoms with Crippen LogP contribution in [0.2, 0.25) is 10.0 Å². The first-order valence-electron chi connectivity index (χ1n) is 11.5. The third-order valence-electron chi connectivity index (χ3n) is 6.31. The van der Waals surface area contributed by atoms with Crippen molar-refractivity contribution in [3.63, 3.8) is 0 Å². The van der Waals surface area contributed by atoms with Crippen molar-refractivity contribution in [2.45, 2.75) is 39.7 Å². The fraction of sp³-hybridized carbons (Fsp3) is 0.346. The number of halogens is 2. The number of hydrogen-bond acceptors (Lipinski definition) is 6. The first kappa shape index (κ1) is 23.7. The summed E-state index contributed by atoms with van der Waals surface area (Å²) in [6.07, 6.45) is 1.19. The maximum Gasteiger partial charge on any atom is 0.226 e. The summed E-state index contributed by atoms with van der Waals surface area (Å²) in [6.45, 7) is 6.65. The van der Waals surface area contributed by atoms with Crippen molar-refractivity contribution in [1.29, 1.82) is 0 Å². The van der Waals surface area contributed by atoms with Crippen molar-refractivity contribution in [3.05, 3.63) is 63.3 Å². The second-order valence-corrected chi connectivity index (χ2v) is 10.4. The zero-order chi connectivity index (χ0) is 24.9. The number of nitrogens with one attached hydrogen (secondary N) is 1. The number of ketones is 1. The Morgan fingerprint density at radius 1 is 1.11 bits per heavy atom. The second-order valence-electron chi connectivity index (χ2n) is 9.54. The van der Waals surface area contributed by atoms with E-state index in [0.29, 0.717) is 51.9 Å². The third-order valence-corrected chi connectivity index (χ3v) is 7.05. The van der Waals surface area contributed by atoms with Crippen LogP contribution in [0, 0.1) is 5.41 Å². The van der Waals surface area contributed by atoms with Gasteiger partial charge in [-0.25, -0.2) is 4.68 Å². The van der Waals surface area contributed by atoms with Gasteiger partial charge in [0.2, 0.25) is 5.95 Å². The van der Waals surface area contributed by atoms with E-state index < -0.39 is 6.04 Å². The number of nitrogens with zero attached hydrogens (tertiary/aromatic N) is 3. The van der Waals surface area contributed by atoms with E-state index in [2.05, 4.69) is 19.2 Å². The van der Waals surface area contributed by atoms with Crippen molar-refractivity contribution in [3.8, 4) is 22.9 Å². The molecule has 0 fully saturated rings. The molecule has 9 heteroatoms. The molecule has 182 valence electrons. The molecule has 0 saturated carbocycles. The Labute approximate surface area is 214 Å². The first-order chi connectivity index (χ1) is 16.7. The van der Waals surface area contributed by atoms with Crippen molar-refractivity contribution >= 4 is 34.9 Å². The number of carbonyl (C=O) groups excluding carboxylic acids is 1. The van der Waals surface area contributed by atoms with Crippen LogP contribution < -0.4 is 14.8 Å². The smallest absolute Gasteiger partial charge is 0.226 e. The lowest BCUT2D eigenvalue weighted by atomic mass is 9.73. The van der Waals surface area contributed by atoms with Gasteiger partial charge >= 0.3 is 0 Å². The van der Waals surface area contributed by atoms with E-state index in [4.69, 9.17) is 42.8 Å². The van der Waals surface area contributed by atoms with Gasteiger partial charge in [-0.2, -0.15) is 4.98 Å². The molecule has 0 spiro atoms. The second kappa shape index (κ2) is 8.88. The lowest BCUT2D eigenvalue weighted by molar-refractivity contribution is -0.118. The predicted octanol–water partition coefficient (Wildman–Crippen LogP) is 6.32. The number of aromatic nitrogens is 3. The monoisotopic (exact) mass is 512 g/mol. The quantitative estimate of drug-likeness (QED) is 0.431. The van der Waals surface area contributed by atoms with Gasteiger partial charge in [-0.1, -0.05) is 43.1 Å². The van der Waals surface area contributed by atoms with Gasteiger partial charge in [-0.05, 0) is 54.7 Å². The molecular weight excluding hydrogens is 487 g/mol. The summed E-state index contributed by atoms with van der Waals surface area (Å²) in [5.74, 6) is 2.39. The summed E-state index contributed by atoms with van der Waals surface area (Å²) < 4.78 is 13.1. The number of ether oxygens (including phenoxy) is 2. The molecule has 7 nitrogen and oxygen atoms in total. The number of hydrogen-bond donors (Lipinski definition) is 1. The molecule has 0 amide bonds. The highest BCUT2D eigenvalue weighted by Gasteiger charge is 2.42. The summed E-state index contributed by atoms with van der Waals surface area (Å²) >= 11 is 12.4. The Hall–Kier alpha value is -3.03. The lowest BCUT2D eigenvalue weighted by Gasteiger charge is -2.38. The van der Waals surface area contributed by atoms with Crippen molar-refractivity contribution in [1.82, 2.24) is 14.8 Å². The number of benzene rings is 2. The molecule has 0 bridgehead atoms. The maximum absolute atomic E-state index is 13.5. The summed E-state index contributed by atoms with van der Waals surface area (Å²) in [5.41, 5.74) is 3.02. The molecule has 5 rings (SSSR count). The highest BCUT2D eigenvalue weighted by Crippen LogP contribution is 2.46. The number of carbonyl (C=O) groups is 1. The van der Waals surface area contributed by atoms with E-state index in [1.807, 2.05) is 31.2 Å². The lowest BCUT2D eigenvalue weighted by Crippen LogP contribution is -2.36. The molecular formula is C26H26Cl2N4O3. The molecule has 1 aromatic heterocycles. The molecule has 1 atom stereocenters. The van der Waals surface area contributed by atoms with Crippen molar-refractivity contribution < 1.29 is 14.3 Å². The number of rotatable bonds is 5. The largest absolute Gasteiger partial charge is 0.493 e. The van der Waals surface area contributed by atoms with Gasteiger partial charge in [0.15, 0.2) is 23.1 Å². The van der Waals surface area contributed by atoms with Crippen LogP contribution in [0.25, 0.3) is 11.4 Å². The van der Waals surface area contributed by atoms with E-state index in [1.165, 1.54) is 0 Å². The Balaban J connectivity index is 1.67. The molecule has 3 aromatic rings. The predicted molar refractivity (Wildman–Crippen MR) is 136 cm³/mol. The van der Waals surface area contributed by atoms with Crippen LogP contribution in [-0.4, -0.2) is 34.3 Å². The standard InChI is InChI=1S/C26H26Cl2N4O3/c1-5-35-20-9-7-14(11-21(20)34-4)23-22-18(12-26(2,3)13-19(22)33)29-25-30-24(31-32(23)25)15-6-8-16(27)17(28)10-15/h6-11,23H,5,12-13H2,1-4H3,(H,29,30,31). The van der Waals surface area contributed by atoms with E-state index in [1.54, 1.807) is 23.9 Å². The van der Waals surface area contributed by atoms with Gasteiger partial charge in [0.25, 0.3) is 0 Å². The molecule has 1 unspecified atom stereocenters. The fourth-order valence-corrected chi connectivity index (χ4v) is 5.10. The molecule has 0 saturated heterocycles. The molecule has 1 aliphatic heterocycles. The topological polar surface area (TPSA) is 78.3 Å². The minimum Gasteiger partial charge on any atom is -0.493 e. The van der Waals surface area contributed by atoms with Gasteiger partial charge in [-0.3, -0.25) is 4.79 Å². The summed E-state index contributed by atoms with van der Waals surface area (Å²) in [4.78, 5) is 18.2. The Morgan fingerprint density at radius 2 is 1.91 bits per heavy atom. The van der Waals surface area contributed by atoms with E-state index in [9.17, 15) is 4.79 Å². The molecule has 2 aromatic carbocycles. The Kier molecular flexibility index (Phi) is 6.01. The van der Waals surface area contributed by atoms with Crippen LogP contribution in [0.3, 0.4) is 0 Å². The highest BCUT2D eigenvalue weighted by molar-refractivity contribution is 6.42. The zero-order valence-corrected chi connectivity index (χ0v) is 21.5. The fourth-order valence-electron chi connectivity index (χ4n) is 4.80. The van der Waals surface area contributed by atoms with Crippen LogP contribution in [0.15, 0.2) is 47.7 Å². The number of Topliss-reactive ketones (excluding diaryl/α,β-unsaturated/α-hetero) is 1. The normalized spacial score (nSPS) is 18.6. The minimum absolute atomic E-state index is 0.0961. The van der Waals surface area contributed by atoms with Crippen LogP contribution in [-0.2, 0) is 4.79 Å². The van der Waals surface area contributed by atoms with Crippen LogP contribution in [0.1, 0.15) is 45.2 Å². The molecule has 1 aliphatic carbocycles. The average molecular weight is 513 g/mol. The Morgan fingerprint density at radius 3 is 2.63 bits per heavy atom. The first-order valence-corrected chi connectivity index (χ1v) is 12.2. The van der Waals surface area contributed by atoms with Crippen molar-refractivity contribution in [2.75, 3.05) is 19.0 Å². The molecule has 0 radical (unpaired) electrons. The molecule has 1 N–H and O–H groups in total. The van der Waals surface area contributed by atoms with Crippen LogP contribution in [0.4, 0.5) is 5.95 Å². The van der Waals surface area contributed by atoms with Crippen LogP contribution >= 0.6 is 23.2 Å². The number of anilines is 1. The zero-order valence-electron chi connectivity index (χ0n) is 20.0.